The van der Waals surface area contributed by atoms with Crippen LogP contribution in [-0.2, 0) is 16.0 Å². The number of esters is 1. The maximum absolute atomic E-state index is 12.4. The lowest BCUT2D eigenvalue weighted by molar-refractivity contribution is 0.0600. The molecule has 0 aliphatic carbocycles. The number of anilines is 2. The molecule has 0 atom stereocenters. The van der Waals surface area contributed by atoms with Gasteiger partial charge >= 0.3 is 5.97 Å². The van der Waals surface area contributed by atoms with Crippen LogP contribution in [0, 0.1) is 0 Å². The van der Waals surface area contributed by atoms with Crippen molar-refractivity contribution in [1.82, 2.24) is 0 Å². The minimum atomic E-state index is -0.370. The van der Waals surface area contributed by atoms with E-state index in [1.54, 1.807) is 7.11 Å². The highest BCUT2D eigenvalue weighted by Gasteiger charge is 2.20. The Morgan fingerprint density at radius 2 is 1.97 bits per heavy atom. The van der Waals surface area contributed by atoms with E-state index in [1.807, 2.05) is 37.3 Å². The molecule has 0 saturated carbocycles. The van der Waals surface area contributed by atoms with Gasteiger partial charge in [-0.15, -0.1) is 0 Å². The van der Waals surface area contributed by atoms with Crippen molar-refractivity contribution in [3.63, 3.8) is 0 Å². The summed E-state index contributed by atoms with van der Waals surface area (Å²) < 4.78 is 21.4. The molecule has 7 nitrogen and oxygen atoms in total. The summed E-state index contributed by atoms with van der Waals surface area (Å²) >= 11 is 6.36. The van der Waals surface area contributed by atoms with Gasteiger partial charge in [0.05, 0.1) is 50.3 Å². The van der Waals surface area contributed by atoms with Crippen molar-refractivity contribution in [2.45, 2.75) is 13.5 Å². The zero-order valence-electron chi connectivity index (χ0n) is 17.5. The first-order valence-electron chi connectivity index (χ1n) is 9.85. The van der Waals surface area contributed by atoms with Crippen molar-refractivity contribution in [3.05, 3.63) is 46.5 Å². The molecule has 1 saturated heterocycles. The summed E-state index contributed by atoms with van der Waals surface area (Å²) in [6.45, 7) is 5.65. The lowest BCUT2D eigenvalue weighted by Crippen LogP contribution is -2.37. The first-order valence-corrected chi connectivity index (χ1v) is 10.2. The van der Waals surface area contributed by atoms with Gasteiger partial charge in [0, 0.05) is 25.3 Å². The number of morpholine rings is 1. The maximum Gasteiger partial charge on any atom is 0.340 e. The monoisotopic (exact) mass is 434 g/mol. The second-order valence-electron chi connectivity index (χ2n) is 6.72. The molecule has 1 fully saturated rings. The molecule has 1 heterocycles. The quantitative estimate of drug-likeness (QED) is 0.630. The fraction of sp³-hybridized carbons (Fsp3) is 0.409. The van der Waals surface area contributed by atoms with E-state index in [0.29, 0.717) is 48.5 Å². The van der Waals surface area contributed by atoms with E-state index >= 15 is 0 Å². The van der Waals surface area contributed by atoms with Crippen molar-refractivity contribution < 1.29 is 23.7 Å². The summed E-state index contributed by atoms with van der Waals surface area (Å²) in [5.41, 5.74) is 3.10. The smallest absolute Gasteiger partial charge is 0.340 e. The van der Waals surface area contributed by atoms with Crippen molar-refractivity contribution in [3.8, 4) is 11.5 Å². The van der Waals surface area contributed by atoms with E-state index < -0.39 is 0 Å². The Morgan fingerprint density at radius 1 is 1.20 bits per heavy atom. The number of ether oxygens (including phenoxy) is 4. The molecule has 0 unspecified atom stereocenters. The van der Waals surface area contributed by atoms with Crippen LogP contribution in [0.25, 0.3) is 0 Å². The Bertz CT molecular complexity index is 884. The van der Waals surface area contributed by atoms with Crippen molar-refractivity contribution in [2.24, 2.45) is 0 Å². The molecule has 0 radical (unpaired) electrons. The van der Waals surface area contributed by atoms with Gasteiger partial charge in [0.2, 0.25) is 0 Å². The number of hydrogen-bond donors (Lipinski definition) is 1. The predicted octanol–water partition coefficient (Wildman–Crippen LogP) is 3.98. The van der Waals surface area contributed by atoms with E-state index in [4.69, 9.17) is 30.5 Å². The normalized spacial score (nSPS) is 13.7. The van der Waals surface area contributed by atoms with Gasteiger partial charge in [0.25, 0.3) is 0 Å². The number of nitrogens with zero attached hydrogens (tertiary/aromatic N) is 1. The summed E-state index contributed by atoms with van der Waals surface area (Å²) in [6, 6.07) is 9.42. The van der Waals surface area contributed by atoms with E-state index in [9.17, 15) is 4.79 Å². The number of nitrogens with one attached hydrogen (secondary N) is 1. The summed E-state index contributed by atoms with van der Waals surface area (Å²) in [4.78, 5) is 14.5. The highest BCUT2D eigenvalue weighted by atomic mass is 35.5. The average Bonchev–Trinajstić information content (AvgIpc) is 2.79. The van der Waals surface area contributed by atoms with Gasteiger partial charge in [-0.3, -0.25) is 0 Å². The van der Waals surface area contributed by atoms with Crippen LogP contribution in [0.5, 0.6) is 11.5 Å². The zero-order chi connectivity index (χ0) is 21.5. The summed E-state index contributed by atoms with van der Waals surface area (Å²) in [5.74, 6) is 0.748. The van der Waals surface area contributed by atoms with Gasteiger partial charge in [-0.1, -0.05) is 11.6 Å². The van der Waals surface area contributed by atoms with Crippen molar-refractivity contribution in [2.75, 3.05) is 57.3 Å². The molecule has 2 aromatic carbocycles. The third-order valence-electron chi connectivity index (χ3n) is 4.83. The SMILES string of the molecule is CCOc1c(Cl)cc(CNc2ccc(N3CCOCC3)c(C(=O)OC)c2)cc1OC. The Labute approximate surface area is 181 Å². The van der Waals surface area contributed by atoms with E-state index in [2.05, 4.69) is 10.2 Å². The van der Waals surface area contributed by atoms with Crippen molar-refractivity contribution in [1.29, 1.82) is 0 Å². The minimum absolute atomic E-state index is 0.370. The molecule has 0 bridgehead atoms. The fourth-order valence-corrected chi connectivity index (χ4v) is 3.65. The topological polar surface area (TPSA) is 69.3 Å². The van der Waals surface area contributed by atoms with Crippen LogP contribution in [0.15, 0.2) is 30.3 Å². The minimum Gasteiger partial charge on any atom is -0.493 e. The molecule has 0 amide bonds. The van der Waals surface area contributed by atoms with Gasteiger partial charge in [-0.05, 0) is 42.8 Å². The lowest BCUT2D eigenvalue weighted by atomic mass is 10.1. The number of halogens is 1. The van der Waals surface area contributed by atoms with Gasteiger partial charge in [-0.2, -0.15) is 0 Å². The highest BCUT2D eigenvalue weighted by Crippen LogP contribution is 2.36. The Hall–Kier alpha value is -2.64. The summed E-state index contributed by atoms with van der Waals surface area (Å²) in [5, 5.41) is 3.83. The second-order valence-corrected chi connectivity index (χ2v) is 7.13. The highest BCUT2D eigenvalue weighted by molar-refractivity contribution is 6.32. The number of hydrogen-bond acceptors (Lipinski definition) is 7. The van der Waals surface area contributed by atoms with E-state index in [1.165, 1.54) is 7.11 Å². The summed E-state index contributed by atoms with van der Waals surface area (Å²) in [6.07, 6.45) is 0. The number of rotatable bonds is 8. The molecule has 8 heteroatoms. The van der Waals surface area contributed by atoms with Crippen LogP contribution in [0.3, 0.4) is 0 Å². The van der Waals surface area contributed by atoms with Gasteiger partial charge in [0.1, 0.15) is 0 Å². The maximum atomic E-state index is 12.4. The van der Waals surface area contributed by atoms with Gasteiger partial charge in [0.15, 0.2) is 11.5 Å². The molecule has 1 aliphatic rings. The largest absolute Gasteiger partial charge is 0.493 e. The molecule has 0 spiro atoms. The molecule has 2 aromatic rings. The van der Waals surface area contributed by atoms with Crippen molar-refractivity contribution >= 4 is 28.9 Å². The number of methoxy groups -OCH3 is 2. The zero-order valence-corrected chi connectivity index (χ0v) is 18.3. The summed E-state index contributed by atoms with van der Waals surface area (Å²) in [7, 11) is 2.97. The molecule has 30 heavy (non-hydrogen) atoms. The fourth-order valence-electron chi connectivity index (χ4n) is 3.36. The average molecular weight is 435 g/mol. The molecule has 1 aliphatic heterocycles. The lowest BCUT2D eigenvalue weighted by Gasteiger charge is -2.30. The second kappa shape index (κ2) is 10.4. The van der Waals surface area contributed by atoms with Crippen LogP contribution < -0.4 is 19.7 Å². The third kappa shape index (κ3) is 5.09. The van der Waals surface area contributed by atoms with E-state index in [0.717, 1.165) is 30.0 Å². The molecule has 0 aromatic heterocycles. The molecular formula is C22H27ClN2O5. The molecule has 3 rings (SSSR count). The van der Waals surface area contributed by atoms with E-state index in [-0.39, 0.29) is 5.97 Å². The van der Waals surface area contributed by atoms with Crippen LogP contribution in [0.4, 0.5) is 11.4 Å². The first kappa shape index (κ1) is 22.1. The Kier molecular flexibility index (Phi) is 7.65. The predicted molar refractivity (Wildman–Crippen MR) is 117 cm³/mol. The molecule has 1 N–H and O–H groups in total. The number of benzene rings is 2. The van der Waals surface area contributed by atoms with Crippen LogP contribution >= 0.6 is 11.6 Å². The van der Waals surface area contributed by atoms with Gasteiger partial charge < -0.3 is 29.2 Å². The number of carbonyl (C=O) groups is 1. The standard InChI is InChI=1S/C22H27ClN2O5/c1-4-30-21-18(23)11-15(12-20(21)27-2)14-24-16-5-6-19(17(13-16)22(26)28-3)25-7-9-29-10-8-25/h5-6,11-13,24H,4,7-10,14H2,1-3H3. The third-order valence-corrected chi connectivity index (χ3v) is 5.11. The first-order chi connectivity index (χ1) is 14.6. The molecule has 162 valence electrons. The van der Waals surface area contributed by atoms with Crippen LogP contribution in [0.1, 0.15) is 22.8 Å². The molecular weight excluding hydrogens is 408 g/mol. The van der Waals surface area contributed by atoms with Crippen LogP contribution in [-0.4, -0.2) is 53.1 Å². The van der Waals surface area contributed by atoms with Gasteiger partial charge in [-0.25, -0.2) is 4.79 Å². The Morgan fingerprint density at radius 3 is 2.63 bits per heavy atom. The number of carbonyl (C=O) groups excluding carboxylic acids is 1. The van der Waals surface area contributed by atoms with Crippen LogP contribution in [0.2, 0.25) is 5.02 Å². The Balaban J connectivity index is 1.80.